The average molecular weight is 262 g/mol. The van der Waals surface area contributed by atoms with Crippen LogP contribution in [0.4, 0.5) is 5.82 Å². The molecule has 2 aromatic heterocycles. The van der Waals surface area contributed by atoms with Crippen LogP contribution < -0.4 is 5.32 Å². The molecule has 0 atom stereocenters. The van der Waals surface area contributed by atoms with Crippen LogP contribution in [0.5, 0.6) is 0 Å². The van der Waals surface area contributed by atoms with Crippen LogP contribution in [0.25, 0.3) is 0 Å². The minimum atomic E-state index is -0.314. The Morgan fingerprint density at radius 3 is 2.78 bits per heavy atom. The van der Waals surface area contributed by atoms with Gasteiger partial charge in [-0.3, -0.25) is 4.79 Å². The van der Waals surface area contributed by atoms with E-state index in [1.165, 1.54) is 6.20 Å². The summed E-state index contributed by atoms with van der Waals surface area (Å²) in [5, 5.41) is 2.89. The fraction of sp³-hybridized carbons (Fsp3) is 0.154. The lowest BCUT2D eigenvalue weighted by atomic mass is 10.2. The van der Waals surface area contributed by atoms with E-state index >= 15 is 0 Å². The molecule has 0 saturated carbocycles. The largest absolute Gasteiger partial charge is 0.306 e. The Morgan fingerprint density at radius 2 is 2.11 bits per heavy atom. The first kappa shape index (κ1) is 12.5. The molecule has 0 saturated heterocycles. The first-order chi connectivity index (χ1) is 8.56. The quantitative estimate of drug-likeness (QED) is 0.846. The van der Waals surface area contributed by atoms with E-state index in [9.17, 15) is 4.79 Å². The number of aryl methyl sites for hydroxylation is 2. The number of hydrogen-bond acceptors (Lipinski definition) is 3. The van der Waals surface area contributed by atoms with Gasteiger partial charge in [-0.05, 0) is 43.7 Å². The van der Waals surface area contributed by atoms with E-state index in [0.717, 1.165) is 11.3 Å². The van der Waals surface area contributed by atoms with Crippen molar-refractivity contribution in [1.82, 2.24) is 9.97 Å². The zero-order valence-electron chi connectivity index (χ0n) is 10.1. The molecule has 4 nitrogen and oxygen atoms in total. The lowest BCUT2D eigenvalue weighted by Crippen LogP contribution is -2.14. The van der Waals surface area contributed by atoms with Crippen molar-refractivity contribution in [3.8, 4) is 0 Å². The van der Waals surface area contributed by atoms with Gasteiger partial charge in [-0.1, -0.05) is 11.6 Å². The van der Waals surface area contributed by atoms with Crippen molar-refractivity contribution in [3.63, 3.8) is 0 Å². The average Bonchev–Trinajstić information content (AvgIpc) is 2.27. The smallest absolute Gasteiger partial charge is 0.259 e. The Balaban J connectivity index is 2.24. The molecule has 1 amide bonds. The summed E-state index contributed by atoms with van der Waals surface area (Å²) in [5.41, 5.74) is 2.22. The maximum absolute atomic E-state index is 12.0. The van der Waals surface area contributed by atoms with Gasteiger partial charge >= 0.3 is 0 Å². The molecule has 2 aromatic rings. The third-order valence-corrected chi connectivity index (χ3v) is 2.64. The van der Waals surface area contributed by atoms with Gasteiger partial charge in [0, 0.05) is 11.9 Å². The van der Waals surface area contributed by atoms with E-state index < -0.39 is 0 Å². The van der Waals surface area contributed by atoms with Gasteiger partial charge in [-0.25, -0.2) is 9.97 Å². The molecule has 0 aliphatic heterocycles. The summed E-state index contributed by atoms with van der Waals surface area (Å²) in [6, 6.07) is 7.02. The minimum Gasteiger partial charge on any atom is -0.306 e. The Kier molecular flexibility index (Phi) is 3.58. The molecule has 0 aliphatic rings. The number of anilines is 1. The second kappa shape index (κ2) is 5.14. The van der Waals surface area contributed by atoms with Crippen molar-refractivity contribution in [2.24, 2.45) is 0 Å². The van der Waals surface area contributed by atoms with Crippen LogP contribution in [0.2, 0.25) is 5.15 Å². The van der Waals surface area contributed by atoms with Gasteiger partial charge < -0.3 is 5.32 Å². The number of hydrogen-bond donors (Lipinski definition) is 1. The maximum Gasteiger partial charge on any atom is 0.259 e. The number of nitrogens with zero attached hydrogens (tertiary/aromatic N) is 2. The lowest BCUT2D eigenvalue weighted by molar-refractivity contribution is 0.102. The predicted molar refractivity (Wildman–Crippen MR) is 70.9 cm³/mol. The summed E-state index contributed by atoms with van der Waals surface area (Å²) in [6.07, 6.45) is 1.54. The van der Waals surface area contributed by atoms with Crippen LogP contribution in [0.1, 0.15) is 21.6 Å². The Morgan fingerprint density at radius 1 is 1.33 bits per heavy atom. The molecule has 0 aliphatic carbocycles. The van der Waals surface area contributed by atoms with Gasteiger partial charge in [-0.15, -0.1) is 0 Å². The molecule has 2 heterocycles. The highest BCUT2D eigenvalue weighted by atomic mass is 35.5. The SMILES string of the molecule is Cc1cc(C)nc(NC(=O)c2cccnc2Cl)c1. The number of amides is 1. The van der Waals surface area contributed by atoms with Gasteiger partial charge in [-0.2, -0.15) is 0 Å². The molecule has 2 rings (SSSR count). The van der Waals surface area contributed by atoms with Crippen LogP contribution in [0.15, 0.2) is 30.5 Å². The summed E-state index contributed by atoms with van der Waals surface area (Å²) in [6.45, 7) is 3.82. The second-order valence-corrected chi connectivity index (χ2v) is 4.33. The zero-order chi connectivity index (χ0) is 13.1. The van der Waals surface area contributed by atoms with Crippen molar-refractivity contribution in [2.45, 2.75) is 13.8 Å². The highest BCUT2D eigenvalue weighted by Crippen LogP contribution is 2.15. The summed E-state index contributed by atoms with van der Waals surface area (Å²) in [5.74, 6) is 0.197. The van der Waals surface area contributed by atoms with Gasteiger partial charge in [0.2, 0.25) is 0 Å². The number of carbonyl (C=O) groups excluding carboxylic acids is 1. The van der Waals surface area contributed by atoms with E-state index in [1.54, 1.807) is 18.2 Å². The predicted octanol–water partition coefficient (Wildman–Crippen LogP) is 3.00. The summed E-state index contributed by atoms with van der Waals surface area (Å²) >= 11 is 5.86. The number of aromatic nitrogens is 2. The van der Waals surface area contributed by atoms with E-state index in [4.69, 9.17) is 11.6 Å². The molecule has 5 heteroatoms. The van der Waals surface area contributed by atoms with Crippen LogP contribution in [-0.4, -0.2) is 15.9 Å². The zero-order valence-corrected chi connectivity index (χ0v) is 10.8. The Bertz CT molecular complexity index is 578. The summed E-state index contributed by atoms with van der Waals surface area (Å²) in [4.78, 5) is 20.1. The van der Waals surface area contributed by atoms with Crippen molar-refractivity contribution in [2.75, 3.05) is 5.32 Å². The molecular weight excluding hydrogens is 250 g/mol. The molecular formula is C13H12ClN3O. The number of halogens is 1. The molecule has 0 radical (unpaired) electrons. The second-order valence-electron chi connectivity index (χ2n) is 3.97. The number of pyridine rings is 2. The number of nitrogens with one attached hydrogen (secondary N) is 1. The molecule has 0 unspecified atom stereocenters. The van der Waals surface area contributed by atoms with E-state index in [-0.39, 0.29) is 11.1 Å². The highest BCUT2D eigenvalue weighted by Gasteiger charge is 2.11. The van der Waals surface area contributed by atoms with Crippen molar-refractivity contribution in [3.05, 3.63) is 52.4 Å². The molecule has 18 heavy (non-hydrogen) atoms. The van der Waals surface area contributed by atoms with Crippen molar-refractivity contribution < 1.29 is 4.79 Å². The first-order valence-corrected chi connectivity index (χ1v) is 5.81. The van der Waals surface area contributed by atoms with Crippen LogP contribution in [0.3, 0.4) is 0 Å². The minimum absolute atomic E-state index is 0.180. The van der Waals surface area contributed by atoms with E-state index in [2.05, 4.69) is 15.3 Å². The van der Waals surface area contributed by atoms with Crippen molar-refractivity contribution in [1.29, 1.82) is 0 Å². The summed E-state index contributed by atoms with van der Waals surface area (Å²) in [7, 11) is 0. The van der Waals surface area contributed by atoms with Gasteiger partial charge in [0.05, 0.1) is 5.56 Å². The lowest BCUT2D eigenvalue weighted by Gasteiger charge is -2.07. The van der Waals surface area contributed by atoms with Gasteiger partial charge in [0.1, 0.15) is 11.0 Å². The third kappa shape index (κ3) is 2.84. The van der Waals surface area contributed by atoms with Crippen LogP contribution in [0, 0.1) is 13.8 Å². The topological polar surface area (TPSA) is 54.9 Å². The molecule has 0 spiro atoms. The van der Waals surface area contributed by atoms with Gasteiger partial charge in [0.15, 0.2) is 0 Å². The third-order valence-electron chi connectivity index (χ3n) is 2.34. The highest BCUT2D eigenvalue weighted by molar-refractivity contribution is 6.33. The fourth-order valence-corrected chi connectivity index (χ4v) is 1.85. The van der Waals surface area contributed by atoms with Gasteiger partial charge in [0.25, 0.3) is 5.91 Å². The fourth-order valence-electron chi connectivity index (χ4n) is 1.64. The van der Waals surface area contributed by atoms with E-state index in [1.807, 2.05) is 19.9 Å². The molecule has 92 valence electrons. The first-order valence-electron chi connectivity index (χ1n) is 5.43. The standard InChI is InChI=1S/C13H12ClN3O/c1-8-6-9(2)16-11(7-8)17-13(18)10-4-3-5-15-12(10)14/h3-7H,1-2H3,(H,16,17,18). The Hall–Kier alpha value is -1.94. The van der Waals surface area contributed by atoms with Crippen molar-refractivity contribution >= 4 is 23.3 Å². The molecule has 0 bridgehead atoms. The maximum atomic E-state index is 12.0. The monoisotopic (exact) mass is 261 g/mol. The van der Waals surface area contributed by atoms with Crippen LogP contribution >= 0.6 is 11.6 Å². The molecule has 0 fully saturated rings. The normalized spacial score (nSPS) is 10.2. The number of carbonyl (C=O) groups is 1. The number of rotatable bonds is 2. The molecule has 0 aromatic carbocycles. The Labute approximate surface area is 110 Å². The molecule has 1 N–H and O–H groups in total. The summed E-state index contributed by atoms with van der Waals surface area (Å²) < 4.78 is 0. The van der Waals surface area contributed by atoms with Crippen LogP contribution in [-0.2, 0) is 0 Å². The van der Waals surface area contributed by atoms with E-state index in [0.29, 0.717) is 11.4 Å².